The Bertz CT molecular complexity index is 315. The molecule has 0 saturated carbocycles. The topological polar surface area (TPSA) is 46.5 Å². The minimum atomic E-state index is -0.0504. The molecule has 0 fully saturated rings. The van der Waals surface area contributed by atoms with Crippen LogP contribution in [0.15, 0.2) is 0 Å². The predicted octanol–water partition coefficient (Wildman–Crippen LogP) is 5.01. The largest absolute Gasteiger partial charge is 0.466 e. The quantitative estimate of drug-likeness (QED) is 0.262. The van der Waals surface area contributed by atoms with Crippen LogP contribution in [0.25, 0.3) is 0 Å². The van der Waals surface area contributed by atoms with E-state index in [4.69, 9.17) is 9.84 Å². The molecular formula is C20H36O3. The molecule has 23 heavy (non-hydrogen) atoms. The van der Waals surface area contributed by atoms with Gasteiger partial charge in [-0.2, -0.15) is 0 Å². The fourth-order valence-corrected chi connectivity index (χ4v) is 2.47. The van der Waals surface area contributed by atoms with E-state index < -0.39 is 0 Å². The lowest BCUT2D eigenvalue weighted by atomic mass is 10.1. The molecule has 0 spiro atoms. The van der Waals surface area contributed by atoms with Crippen molar-refractivity contribution in [1.82, 2.24) is 0 Å². The standard InChI is InChI=1S/C20H36O3/c1-2-23-20(22)18-16-14-12-10-8-6-4-3-5-7-9-11-13-15-17-19-21/h21H,2-10,12,14-19H2,1H3. The fraction of sp³-hybridized carbons (Fsp3) is 0.850. The molecule has 0 rings (SSSR count). The van der Waals surface area contributed by atoms with Crippen molar-refractivity contribution in [3.8, 4) is 11.8 Å². The molecule has 0 heterocycles. The number of unbranched alkanes of at least 4 members (excludes halogenated alkanes) is 11. The molecule has 0 atom stereocenters. The van der Waals surface area contributed by atoms with E-state index in [1.165, 1.54) is 51.4 Å². The van der Waals surface area contributed by atoms with E-state index in [0.29, 0.717) is 13.0 Å². The number of rotatable bonds is 15. The van der Waals surface area contributed by atoms with Crippen LogP contribution in [0.2, 0.25) is 0 Å². The highest BCUT2D eigenvalue weighted by Crippen LogP contribution is 2.12. The van der Waals surface area contributed by atoms with Crippen molar-refractivity contribution in [3.63, 3.8) is 0 Å². The van der Waals surface area contributed by atoms with Crippen molar-refractivity contribution in [2.24, 2.45) is 0 Å². The normalized spacial score (nSPS) is 10.2. The first-order chi connectivity index (χ1) is 11.3. The molecule has 0 unspecified atom stereocenters. The zero-order chi connectivity index (χ0) is 17.0. The number of esters is 1. The minimum absolute atomic E-state index is 0.0504. The fourth-order valence-electron chi connectivity index (χ4n) is 2.47. The summed E-state index contributed by atoms with van der Waals surface area (Å²) in [6.07, 6.45) is 15.7. The molecular weight excluding hydrogens is 288 g/mol. The third kappa shape index (κ3) is 18.9. The number of aliphatic hydroxyl groups excluding tert-OH is 1. The summed E-state index contributed by atoms with van der Waals surface area (Å²) in [5.41, 5.74) is 0. The smallest absolute Gasteiger partial charge is 0.305 e. The summed E-state index contributed by atoms with van der Waals surface area (Å²) in [5, 5.41) is 8.63. The van der Waals surface area contributed by atoms with Crippen molar-refractivity contribution in [1.29, 1.82) is 0 Å². The number of ether oxygens (including phenoxy) is 1. The molecule has 0 aromatic rings. The van der Waals surface area contributed by atoms with Gasteiger partial charge in [0.2, 0.25) is 0 Å². The van der Waals surface area contributed by atoms with Gasteiger partial charge in [0.1, 0.15) is 0 Å². The Morgan fingerprint density at radius 2 is 1.26 bits per heavy atom. The Hall–Kier alpha value is -1.01. The monoisotopic (exact) mass is 324 g/mol. The Morgan fingerprint density at radius 1 is 0.783 bits per heavy atom. The van der Waals surface area contributed by atoms with Crippen molar-refractivity contribution in [3.05, 3.63) is 0 Å². The van der Waals surface area contributed by atoms with Crippen molar-refractivity contribution in [2.45, 2.75) is 96.8 Å². The molecule has 1 N–H and O–H groups in total. The maximum Gasteiger partial charge on any atom is 0.305 e. The summed E-state index contributed by atoms with van der Waals surface area (Å²) >= 11 is 0. The zero-order valence-electron chi connectivity index (χ0n) is 15.1. The summed E-state index contributed by atoms with van der Waals surface area (Å²) in [7, 11) is 0. The van der Waals surface area contributed by atoms with Gasteiger partial charge in [-0.1, -0.05) is 51.4 Å². The van der Waals surface area contributed by atoms with Crippen LogP contribution < -0.4 is 0 Å². The molecule has 0 aromatic heterocycles. The van der Waals surface area contributed by atoms with Crippen LogP contribution >= 0.6 is 0 Å². The first kappa shape index (κ1) is 22.0. The van der Waals surface area contributed by atoms with Gasteiger partial charge in [0.05, 0.1) is 6.61 Å². The molecule has 0 radical (unpaired) electrons. The van der Waals surface area contributed by atoms with Crippen LogP contribution in [0, 0.1) is 11.8 Å². The molecule has 0 aliphatic rings. The first-order valence-electron chi connectivity index (χ1n) is 9.53. The van der Waals surface area contributed by atoms with Gasteiger partial charge in [-0.05, 0) is 26.2 Å². The molecule has 0 aliphatic heterocycles. The molecule has 0 amide bonds. The second-order valence-corrected chi connectivity index (χ2v) is 6.02. The second kappa shape index (κ2) is 19.0. The van der Waals surface area contributed by atoms with Crippen molar-refractivity contribution < 1.29 is 14.6 Å². The van der Waals surface area contributed by atoms with Crippen molar-refractivity contribution >= 4 is 5.97 Å². The average molecular weight is 325 g/mol. The van der Waals surface area contributed by atoms with E-state index in [-0.39, 0.29) is 12.6 Å². The maximum atomic E-state index is 11.2. The van der Waals surface area contributed by atoms with Crippen LogP contribution in [0.4, 0.5) is 0 Å². The van der Waals surface area contributed by atoms with E-state index in [9.17, 15) is 4.79 Å². The Morgan fingerprint density at radius 3 is 1.78 bits per heavy atom. The number of carbonyl (C=O) groups excluding carboxylic acids is 1. The number of carbonyl (C=O) groups is 1. The lowest BCUT2D eigenvalue weighted by molar-refractivity contribution is -0.143. The number of hydrogen-bond acceptors (Lipinski definition) is 3. The highest BCUT2D eigenvalue weighted by Gasteiger charge is 2.00. The van der Waals surface area contributed by atoms with Crippen LogP contribution in [0.1, 0.15) is 96.8 Å². The third-order valence-corrected chi connectivity index (χ3v) is 3.82. The number of hydrogen-bond donors (Lipinski definition) is 1. The van der Waals surface area contributed by atoms with E-state index in [0.717, 1.165) is 32.1 Å². The molecule has 134 valence electrons. The van der Waals surface area contributed by atoms with E-state index in [1.807, 2.05) is 6.92 Å². The molecule has 0 saturated heterocycles. The lowest BCUT2D eigenvalue weighted by Gasteiger charge is -2.03. The summed E-state index contributed by atoms with van der Waals surface area (Å²) in [4.78, 5) is 11.2. The SMILES string of the molecule is CCOC(=O)CCCCCCCCCCCCC#CCCCO. The van der Waals surface area contributed by atoms with Crippen LogP contribution in [-0.4, -0.2) is 24.3 Å². The Balaban J connectivity index is 3.10. The van der Waals surface area contributed by atoms with Gasteiger partial charge in [-0.3, -0.25) is 4.79 Å². The summed E-state index contributed by atoms with van der Waals surface area (Å²) < 4.78 is 4.91. The maximum absolute atomic E-state index is 11.2. The number of aliphatic hydroxyl groups is 1. The predicted molar refractivity (Wildman–Crippen MR) is 96.1 cm³/mol. The van der Waals surface area contributed by atoms with E-state index in [1.54, 1.807) is 0 Å². The third-order valence-electron chi connectivity index (χ3n) is 3.82. The Labute approximate surface area is 143 Å². The van der Waals surface area contributed by atoms with Crippen LogP contribution in [0.5, 0.6) is 0 Å². The highest BCUT2D eigenvalue weighted by molar-refractivity contribution is 5.69. The van der Waals surface area contributed by atoms with Crippen LogP contribution in [0.3, 0.4) is 0 Å². The highest BCUT2D eigenvalue weighted by atomic mass is 16.5. The van der Waals surface area contributed by atoms with Gasteiger partial charge in [0.15, 0.2) is 0 Å². The average Bonchev–Trinajstić information content (AvgIpc) is 2.54. The summed E-state index contributed by atoms with van der Waals surface area (Å²) in [6, 6.07) is 0. The van der Waals surface area contributed by atoms with Gasteiger partial charge in [0, 0.05) is 25.9 Å². The van der Waals surface area contributed by atoms with Crippen LogP contribution in [-0.2, 0) is 9.53 Å². The van der Waals surface area contributed by atoms with Gasteiger partial charge in [0.25, 0.3) is 0 Å². The van der Waals surface area contributed by atoms with E-state index in [2.05, 4.69) is 11.8 Å². The van der Waals surface area contributed by atoms with E-state index >= 15 is 0 Å². The van der Waals surface area contributed by atoms with Gasteiger partial charge in [-0.25, -0.2) is 0 Å². The zero-order valence-corrected chi connectivity index (χ0v) is 15.1. The molecule has 3 heteroatoms. The summed E-state index contributed by atoms with van der Waals surface area (Å²) in [5.74, 6) is 6.22. The molecule has 0 aromatic carbocycles. The Kier molecular flexibility index (Phi) is 18.2. The minimum Gasteiger partial charge on any atom is -0.466 e. The summed E-state index contributed by atoms with van der Waals surface area (Å²) in [6.45, 7) is 2.60. The van der Waals surface area contributed by atoms with Gasteiger partial charge < -0.3 is 9.84 Å². The van der Waals surface area contributed by atoms with Gasteiger partial charge >= 0.3 is 5.97 Å². The molecule has 0 bridgehead atoms. The second-order valence-electron chi connectivity index (χ2n) is 6.02. The lowest BCUT2D eigenvalue weighted by Crippen LogP contribution is -2.03. The van der Waals surface area contributed by atoms with Crippen molar-refractivity contribution in [2.75, 3.05) is 13.2 Å². The van der Waals surface area contributed by atoms with Gasteiger partial charge in [-0.15, -0.1) is 11.8 Å². The molecule has 0 aliphatic carbocycles. The first-order valence-corrected chi connectivity index (χ1v) is 9.53. The molecule has 3 nitrogen and oxygen atoms in total.